The molecule has 0 radical (unpaired) electrons. The summed E-state index contributed by atoms with van der Waals surface area (Å²) in [6, 6.07) is 7.63. The van der Waals surface area contributed by atoms with Gasteiger partial charge in [-0.3, -0.25) is 33.8 Å². The van der Waals surface area contributed by atoms with Crippen molar-refractivity contribution in [1.29, 1.82) is 0 Å². The second-order valence-electron chi connectivity index (χ2n) is 8.67. The molecule has 1 aromatic rings. The first-order valence-electron chi connectivity index (χ1n) is 11.3. The van der Waals surface area contributed by atoms with E-state index in [0.29, 0.717) is 4.91 Å². The lowest BCUT2D eigenvalue weighted by molar-refractivity contribution is -0.140. The number of rotatable bonds is 7. The van der Waals surface area contributed by atoms with E-state index in [0.717, 1.165) is 53.5 Å². The Hall–Kier alpha value is -2.94. The fraction of sp³-hybridized carbons (Fsp3) is 0.458. The quantitative estimate of drug-likeness (QED) is 0.486. The Kier molecular flexibility index (Phi) is 6.97. The van der Waals surface area contributed by atoms with Crippen molar-refractivity contribution in [3.8, 4) is 0 Å². The molecule has 3 aliphatic rings. The van der Waals surface area contributed by atoms with Gasteiger partial charge in [0, 0.05) is 26.1 Å². The second kappa shape index (κ2) is 9.91. The van der Waals surface area contributed by atoms with Gasteiger partial charge in [-0.05, 0) is 43.2 Å². The van der Waals surface area contributed by atoms with Crippen LogP contribution in [0.15, 0.2) is 29.2 Å². The lowest BCUT2D eigenvalue weighted by Gasteiger charge is -2.19. The van der Waals surface area contributed by atoms with Gasteiger partial charge in [0.15, 0.2) is 0 Å². The molecule has 2 unspecified atom stereocenters. The van der Waals surface area contributed by atoms with Gasteiger partial charge in [-0.25, -0.2) is 0 Å². The number of likely N-dealkylation sites (tertiary alicyclic amines) is 1. The third kappa shape index (κ3) is 5.03. The van der Waals surface area contributed by atoms with Gasteiger partial charge in [-0.1, -0.05) is 42.7 Å². The summed E-state index contributed by atoms with van der Waals surface area (Å²) in [7, 11) is 0. The van der Waals surface area contributed by atoms with Crippen molar-refractivity contribution in [1.82, 2.24) is 15.1 Å². The zero-order chi connectivity index (χ0) is 23.5. The minimum Gasteiger partial charge on any atom is -0.354 e. The molecule has 1 aliphatic carbocycles. The lowest BCUT2D eigenvalue weighted by atomic mass is 9.81. The summed E-state index contributed by atoms with van der Waals surface area (Å²) in [4.78, 5) is 64.7. The molecule has 1 aromatic carbocycles. The monoisotopic (exact) mass is 469 g/mol. The average Bonchev–Trinajstić information content (AvgIpc) is 3.21. The van der Waals surface area contributed by atoms with Gasteiger partial charge >= 0.3 is 0 Å². The molecule has 0 aromatic heterocycles. The zero-order valence-corrected chi connectivity index (χ0v) is 19.4. The van der Waals surface area contributed by atoms with Gasteiger partial charge in [0.1, 0.15) is 0 Å². The second-order valence-corrected chi connectivity index (χ2v) is 9.66. The molecule has 1 saturated carbocycles. The number of carbonyl (C=O) groups is 5. The van der Waals surface area contributed by atoms with E-state index in [1.54, 1.807) is 6.08 Å². The van der Waals surface area contributed by atoms with Crippen LogP contribution in [0.2, 0.25) is 0 Å². The van der Waals surface area contributed by atoms with Gasteiger partial charge in [-0.15, -0.1) is 0 Å². The molecule has 2 saturated heterocycles. The fourth-order valence-electron chi connectivity index (χ4n) is 4.57. The summed E-state index contributed by atoms with van der Waals surface area (Å²) >= 11 is 0.881. The van der Waals surface area contributed by atoms with Crippen LogP contribution < -0.4 is 5.32 Å². The van der Waals surface area contributed by atoms with Gasteiger partial charge in [0.25, 0.3) is 11.1 Å². The number of hydrogen-bond acceptors (Lipinski definition) is 6. The van der Waals surface area contributed by atoms with E-state index in [1.807, 2.05) is 31.2 Å². The fourth-order valence-corrected chi connectivity index (χ4v) is 5.43. The van der Waals surface area contributed by atoms with E-state index in [9.17, 15) is 24.0 Å². The van der Waals surface area contributed by atoms with E-state index in [-0.39, 0.29) is 66.8 Å². The first-order valence-corrected chi connectivity index (χ1v) is 12.1. The van der Waals surface area contributed by atoms with Crippen LogP contribution in [0.1, 0.15) is 43.2 Å². The average molecular weight is 470 g/mol. The normalized spacial score (nSPS) is 24.1. The van der Waals surface area contributed by atoms with Gasteiger partial charge in [0.2, 0.25) is 17.7 Å². The Balaban J connectivity index is 1.24. The molecule has 2 atom stereocenters. The van der Waals surface area contributed by atoms with Gasteiger partial charge in [-0.2, -0.15) is 0 Å². The summed E-state index contributed by atoms with van der Waals surface area (Å²) in [6.07, 6.45) is 5.10. The van der Waals surface area contributed by atoms with Crippen LogP contribution in [0, 0.1) is 18.8 Å². The zero-order valence-electron chi connectivity index (χ0n) is 18.5. The SMILES string of the molecule is Cc1ccc(/C=C2\SC(=O)N(CCNC(=O)CCN3C(=O)C4CCCCC4C3=O)C2=O)cc1. The smallest absolute Gasteiger partial charge is 0.293 e. The lowest BCUT2D eigenvalue weighted by Crippen LogP contribution is -2.39. The van der Waals surface area contributed by atoms with E-state index in [4.69, 9.17) is 0 Å². The number of nitrogens with one attached hydrogen (secondary N) is 1. The van der Waals surface area contributed by atoms with Crippen molar-refractivity contribution in [2.75, 3.05) is 19.6 Å². The minimum atomic E-state index is -0.379. The predicted molar refractivity (Wildman–Crippen MR) is 124 cm³/mol. The Morgan fingerprint density at radius 1 is 1.00 bits per heavy atom. The number of carbonyl (C=O) groups excluding carboxylic acids is 5. The van der Waals surface area contributed by atoms with Crippen molar-refractivity contribution in [3.05, 3.63) is 40.3 Å². The van der Waals surface area contributed by atoms with Crippen molar-refractivity contribution in [2.24, 2.45) is 11.8 Å². The minimum absolute atomic E-state index is 0.00609. The molecule has 174 valence electrons. The summed E-state index contributed by atoms with van der Waals surface area (Å²) in [5, 5.41) is 2.30. The number of imide groups is 2. The number of nitrogens with zero attached hydrogens (tertiary/aromatic N) is 2. The summed E-state index contributed by atoms with van der Waals surface area (Å²) in [6.45, 7) is 2.21. The summed E-state index contributed by atoms with van der Waals surface area (Å²) in [5.74, 6) is -1.46. The molecular formula is C24H27N3O5S. The molecule has 9 heteroatoms. The molecule has 0 bridgehead atoms. The van der Waals surface area contributed by atoms with Crippen LogP contribution in [0.3, 0.4) is 0 Å². The Morgan fingerprint density at radius 2 is 1.64 bits per heavy atom. The number of thioether (sulfide) groups is 1. The first kappa shape index (κ1) is 23.2. The van der Waals surface area contributed by atoms with Gasteiger partial charge in [0.05, 0.1) is 16.7 Å². The van der Waals surface area contributed by atoms with Crippen molar-refractivity contribution >= 4 is 46.7 Å². The van der Waals surface area contributed by atoms with Crippen LogP contribution in [0.5, 0.6) is 0 Å². The highest BCUT2D eigenvalue weighted by atomic mass is 32.2. The molecule has 5 amide bonds. The highest BCUT2D eigenvalue weighted by molar-refractivity contribution is 8.18. The molecule has 33 heavy (non-hydrogen) atoms. The van der Waals surface area contributed by atoms with Crippen molar-refractivity contribution in [3.63, 3.8) is 0 Å². The maximum Gasteiger partial charge on any atom is 0.293 e. The highest BCUT2D eigenvalue weighted by Gasteiger charge is 2.47. The third-order valence-electron chi connectivity index (χ3n) is 6.40. The number of hydrogen-bond donors (Lipinski definition) is 1. The largest absolute Gasteiger partial charge is 0.354 e. The predicted octanol–water partition coefficient (Wildman–Crippen LogP) is 2.71. The summed E-state index contributed by atoms with van der Waals surface area (Å²) in [5.41, 5.74) is 1.94. The maximum absolute atomic E-state index is 12.6. The number of aryl methyl sites for hydroxylation is 1. The molecule has 0 spiro atoms. The topological polar surface area (TPSA) is 104 Å². The Labute approximate surface area is 196 Å². The molecular weight excluding hydrogens is 442 g/mol. The van der Waals surface area contributed by atoms with E-state index >= 15 is 0 Å². The number of benzene rings is 1. The molecule has 1 N–H and O–H groups in total. The first-order chi connectivity index (χ1) is 15.8. The standard InChI is InChI=1S/C24H27N3O5S/c1-15-6-8-16(9-7-15)14-19-23(31)27(24(32)33-19)13-11-25-20(28)10-12-26-21(29)17-4-2-3-5-18(17)22(26)30/h6-9,14,17-18H,2-5,10-13H2,1H3,(H,25,28)/b19-14-. The van der Waals surface area contributed by atoms with Gasteiger partial charge < -0.3 is 5.32 Å². The number of amides is 5. The summed E-state index contributed by atoms with van der Waals surface area (Å²) < 4.78 is 0. The van der Waals surface area contributed by atoms with Crippen LogP contribution in [-0.2, 0) is 19.2 Å². The third-order valence-corrected chi connectivity index (χ3v) is 7.31. The molecule has 4 rings (SSSR count). The molecule has 8 nitrogen and oxygen atoms in total. The van der Waals surface area contributed by atoms with E-state index in [2.05, 4.69) is 5.32 Å². The molecule has 2 heterocycles. The Bertz CT molecular complexity index is 995. The van der Waals surface area contributed by atoms with Crippen LogP contribution >= 0.6 is 11.8 Å². The van der Waals surface area contributed by atoms with Crippen LogP contribution in [-0.4, -0.2) is 58.3 Å². The molecule has 3 fully saturated rings. The van der Waals surface area contributed by atoms with E-state index in [1.165, 1.54) is 4.90 Å². The van der Waals surface area contributed by atoms with Crippen LogP contribution in [0.4, 0.5) is 4.79 Å². The Morgan fingerprint density at radius 3 is 2.27 bits per heavy atom. The highest BCUT2D eigenvalue weighted by Crippen LogP contribution is 2.38. The van der Waals surface area contributed by atoms with Crippen molar-refractivity contribution < 1.29 is 24.0 Å². The molecule has 2 aliphatic heterocycles. The van der Waals surface area contributed by atoms with Crippen LogP contribution in [0.25, 0.3) is 6.08 Å². The number of fused-ring (bicyclic) bond motifs is 1. The maximum atomic E-state index is 12.6. The van der Waals surface area contributed by atoms with Crippen molar-refractivity contribution in [2.45, 2.75) is 39.0 Å². The van der Waals surface area contributed by atoms with E-state index < -0.39 is 0 Å².